The van der Waals surface area contributed by atoms with Crippen molar-refractivity contribution in [1.29, 1.82) is 0 Å². The van der Waals surface area contributed by atoms with Gasteiger partial charge in [-0.3, -0.25) is 4.79 Å². The number of hydrogen-bond acceptors (Lipinski definition) is 8. The fraction of sp³-hybridized carbons (Fsp3) is 0.720. The van der Waals surface area contributed by atoms with Gasteiger partial charge in [-0.2, -0.15) is 0 Å². The van der Waals surface area contributed by atoms with Gasteiger partial charge in [-0.15, -0.1) is 0 Å². The van der Waals surface area contributed by atoms with Crippen molar-refractivity contribution in [3.8, 4) is 0 Å². The molecule has 7 atom stereocenters. The van der Waals surface area contributed by atoms with Crippen molar-refractivity contribution in [2.75, 3.05) is 13.2 Å². The Bertz CT molecular complexity index is 1740. The van der Waals surface area contributed by atoms with E-state index in [0.717, 1.165) is 116 Å². The van der Waals surface area contributed by atoms with Gasteiger partial charge in [-0.1, -0.05) is 315 Å². The molecule has 482 valence electrons. The summed E-state index contributed by atoms with van der Waals surface area (Å²) in [6, 6.07) is -0.733. The first-order valence-corrected chi connectivity index (χ1v) is 34.7. The zero-order chi connectivity index (χ0) is 60.7. The van der Waals surface area contributed by atoms with Gasteiger partial charge in [0.15, 0.2) is 6.29 Å². The molecule has 1 aliphatic rings. The maximum absolute atomic E-state index is 13.1. The Morgan fingerprint density at radius 3 is 1.10 bits per heavy atom. The van der Waals surface area contributed by atoms with E-state index in [0.29, 0.717) is 12.8 Å². The van der Waals surface area contributed by atoms with Gasteiger partial charge in [0.1, 0.15) is 24.4 Å². The monoisotopic (exact) mass is 1170 g/mol. The zero-order valence-corrected chi connectivity index (χ0v) is 53.9. The Morgan fingerprint density at radius 2 is 0.738 bits per heavy atom. The summed E-state index contributed by atoms with van der Waals surface area (Å²) in [7, 11) is 0. The molecule has 0 spiro atoms. The van der Waals surface area contributed by atoms with Crippen LogP contribution < -0.4 is 5.32 Å². The molecule has 0 aromatic rings. The van der Waals surface area contributed by atoms with Crippen LogP contribution in [0.5, 0.6) is 0 Å². The van der Waals surface area contributed by atoms with Gasteiger partial charge in [-0.05, 0) is 89.9 Å². The van der Waals surface area contributed by atoms with Crippen LogP contribution >= 0.6 is 0 Å². The number of amides is 1. The first kappa shape index (κ1) is 78.6. The van der Waals surface area contributed by atoms with Crippen molar-refractivity contribution in [3.05, 3.63) is 122 Å². The van der Waals surface area contributed by atoms with E-state index < -0.39 is 49.5 Å². The van der Waals surface area contributed by atoms with Gasteiger partial charge in [0.05, 0.1) is 25.4 Å². The standard InChI is InChI=1S/C75H129NO8/c1-3-5-7-9-11-13-15-17-19-21-23-25-27-28-29-30-31-32-33-34-35-36-37-38-39-40-41-42-43-45-47-49-51-53-55-57-59-61-63-65-71(79)76-68(67-83-75-74(82)73(81)72(80)70(66-77)84-75)69(78)64-62-60-58-56-54-52-50-48-46-44-26-24-22-20-18-16-14-12-10-8-6-4-2/h5,7,11,13,17,19,23,25,28-29,31-32,34-35,37-38,40-41,43,45,68-70,72-75,77-78,80-82H,3-4,6,8-10,12,14-16,18,20-22,24,26-27,30,33,36,39,42,44,46-67H2,1-2H3,(H,76,79)/b7-5-,13-11-,19-17-,25-23-,29-28-,32-31-,35-34-,38-37-,41-40-,45-43-. The number of allylic oxidation sites excluding steroid dienone is 20. The fourth-order valence-electron chi connectivity index (χ4n) is 10.4. The topological polar surface area (TPSA) is 149 Å². The molecule has 0 bridgehead atoms. The molecule has 1 saturated heterocycles. The molecule has 1 aliphatic heterocycles. The lowest BCUT2D eigenvalue weighted by molar-refractivity contribution is -0.302. The van der Waals surface area contributed by atoms with Crippen molar-refractivity contribution in [3.63, 3.8) is 0 Å². The lowest BCUT2D eigenvalue weighted by Gasteiger charge is -2.40. The number of unbranched alkanes of at least 4 members (excludes halogenated alkanes) is 29. The number of rotatable bonds is 59. The SMILES string of the molecule is CC/C=C\C/C=C\C/C=C\C/C=C\C/C=C\C/C=C\C/C=C\C/C=C\C/C=C\C/C=C\CCCCCCCCCCC(=O)NC(COC1OC(CO)C(O)C(O)C1O)C(O)CCCCCCCCCCCCCCCCCCCCCCCC. The Morgan fingerprint density at radius 1 is 0.417 bits per heavy atom. The lowest BCUT2D eigenvalue weighted by atomic mass is 9.99. The van der Waals surface area contributed by atoms with Crippen molar-refractivity contribution >= 4 is 5.91 Å². The van der Waals surface area contributed by atoms with Crippen LogP contribution in [0.2, 0.25) is 0 Å². The minimum Gasteiger partial charge on any atom is -0.394 e. The highest BCUT2D eigenvalue weighted by Crippen LogP contribution is 2.23. The van der Waals surface area contributed by atoms with Crippen molar-refractivity contribution in [1.82, 2.24) is 5.32 Å². The van der Waals surface area contributed by atoms with Gasteiger partial charge >= 0.3 is 0 Å². The first-order chi connectivity index (χ1) is 41.3. The van der Waals surface area contributed by atoms with E-state index in [2.05, 4.69) is 141 Å². The number of carbonyl (C=O) groups is 1. The number of aliphatic hydroxyl groups is 5. The summed E-state index contributed by atoms with van der Waals surface area (Å²) < 4.78 is 11.4. The minimum atomic E-state index is -1.56. The molecular formula is C75H129NO8. The Balaban J connectivity index is 2.15. The first-order valence-electron chi connectivity index (χ1n) is 34.7. The molecule has 1 fully saturated rings. The molecular weight excluding hydrogens is 1040 g/mol. The molecule has 6 N–H and O–H groups in total. The Hall–Kier alpha value is -3.41. The van der Waals surface area contributed by atoms with Crippen molar-refractivity contribution in [2.45, 2.75) is 333 Å². The van der Waals surface area contributed by atoms with Crippen LogP contribution in [-0.2, 0) is 14.3 Å². The van der Waals surface area contributed by atoms with Crippen LogP contribution in [0, 0.1) is 0 Å². The molecule has 0 aromatic carbocycles. The molecule has 9 nitrogen and oxygen atoms in total. The zero-order valence-electron chi connectivity index (χ0n) is 53.9. The van der Waals surface area contributed by atoms with Gasteiger partial charge in [-0.25, -0.2) is 0 Å². The second-order valence-corrected chi connectivity index (χ2v) is 23.6. The third-order valence-corrected chi connectivity index (χ3v) is 15.8. The fourth-order valence-corrected chi connectivity index (χ4v) is 10.4. The highest BCUT2D eigenvalue weighted by atomic mass is 16.7. The summed E-state index contributed by atoms with van der Waals surface area (Å²) in [5.41, 5.74) is 0. The molecule has 9 heteroatoms. The Labute approximate surface area is 516 Å². The molecule has 84 heavy (non-hydrogen) atoms. The van der Waals surface area contributed by atoms with E-state index in [-0.39, 0.29) is 12.5 Å². The van der Waals surface area contributed by atoms with Gasteiger partial charge in [0.25, 0.3) is 0 Å². The predicted octanol–water partition coefficient (Wildman–Crippen LogP) is 19.0. The van der Waals surface area contributed by atoms with Crippen LogP contribution in [0.1, 0.15) is 290 Å². The smallest absolute Gasteiger partial charge is 0.220 e. The summed E-state index contributed by atoms with van der Waals surface area (Å²) in [5, 5.41) is 54.9. The number of carbonyl (C=O) groups excluding carboxylic acids is 1. The summed E-state index contributed by atoms with van der Waals surface area (Å²) in [6.45, 7) is 3.74. The van der Waals surface area contributed by atoms with E-state index in [1.54, 1.807) is 0 Å². The highest BCUT2D eigenvalue weighted by Gasteiger charge is 2.44. The van der Waals surface area contributed by atoms with E-state index in [4.69, 9.17) is 9.47 Å². The van der Waals surface area contributed by atoms with Crippen LogP contribution in [0.3, 0.4) is 0 Å². The lowest BCUT2D eigenvalue weighted by Crippen LogP contribution is -2.60. The molecule has 1 heterocycles. The quantitative estimate of drug-likeness (QED) is 0.0261. The van der Waals surface area contributed by atoms with Crippen LogP contribution in [0.25, 0.3) is 0 Å². The second kappa shape index (κ2) is 62.6. The van der Waals surface area contributed by atoms with Crippen LogP contribution in [-0.4, -0.2) is 87.5 Å². The maximum atomic E-state index is 13.1. The average Bonchev–Trinajstić information content (AvgIpc) is 3.70. The number of aliphatic hydroxyl groups excluding tert-OH is 5. The van der Waals surface area contributed by atoms with Crippen molar-refractivity contribution < 1.29 is 39.8 Å². The summed E-state index contributed by atoms with van der Waals surface area (Å²) in [6.07, 6.45) is 86.7. The molecule has 0 radical (unpaired) electrons. The number of hydrogen-bond donors (Lipinski definition) is 6. The number of ether oxygens (including phenoxy) is 2. The van der Waals surface area contributed by atoms with E-state index >= 15 is 0 Å². The third-order valence-electron chi connectivity index (χ3n) is 15.8. The second-order valence-electron chi connectivity index (χ2n) is 23.6. The van der Waals surface area contributed by atoms with Gasteiger partial charge in [0.2, 0.25) is 5.91 Å². The van der Waals surface area contributed by atoms with E-state index in [1.807, 2.05) is 0 Å². The number of nitrogens with one attached hydrogen (secondary N) is 1. The maximum Gasteiger partial charge on any atom is 0.220 e. The Kier molecular flexibility index (Phi) is 58.6. The van der Waals surface area contributed by atoms with Gasteiger partial charge < -0.3 is 40.3 Å². The van der Waals surface area contributed by atoms with E-state index in [9.17, 15) is 30.3 Å². The predicted molar refractivity (Wildman–Crippen MR) is 359 cm³/mol. The van der Waals surface area contributed by atoms with Crippen LogP contribution in [0.15, 0.2) is 122 Å². The molecule has 0 aliphatic carbocycles. The van der Waals surface area contributed by atoms with Crippen LogP contribution in [0.4, 0.5) is 0 Å². The summed E-state index contributed by atoms with van der Waals surface area (Å²) in [4.78, 5) is 13.1. The summed E-state index contributed by atoms with van der Waals surface area (Å²) in [5.74, 6) is -0.154. The molecule has 0 aromatic heterocycles. The highest BCUT2D eigenvalue weighted by molar-refractivity contribution is 5.76. The van der Waals surface area contributed by atoms with E-state index in [1.165, 1.54) is 148 Å². The molecule has 7 unspecified atom stereocenters. The largest absolute Gasteiger partial charge is 0.394 e. The van der Waals surface area contributed by atoms with Gasteiger partial charge in [0, 0.05) is 6.42 Å². The minimum absolute atomic E-state index is 0.146. The molecule has 1 amide bonds. The molecule has 1 rings (SSSR count). The average molecular weight is 1170 g/mol. The molecule has 0 saturated carbocycles. The normalized spacial score (nSPS) is 19.0. The third kappa shape index (κ3) is 50.7. The summed E-state index contributed by atoms with van der Waals surface area (Å²) >= 11 is 0. The van der Waals surface area contributed by atoms with Crippen molar-refractivity contribution in [2.24, 2.45) is 0 Å².